The van der Waals surface area contributed by atoms with Gasteiger partial charge in [0.25, 0.3) is 0 Å². The van der Waals surface area contributed by atoms with E-state index in [-0.39, 0.29) is 35.9 Å². The van der Waals surface area contributed by atoms with Crippen LogP contribution in [0.15, 0.2) is 35.2 Å². The maximum Gasteiger partial charge on any atom is 0.329 e. The van der Waals surface area contributed by atoms with Crippen LogP contribution in [0.3, 0.4) is 0 Å². The number of benzene rings is 1. The molecule has 1 aliphatic heterocycles. The Balaban J connectivity index is 2.42. The number of nitrogens with zero attached hydrogens (tertiary/aromatic N) is 2. The second-order valence-corrected chi connectivity index (χ2v) is 8.57. The minimum Gasteiger partial charge on any atom is -0.467 e. The summed E-state index contributed by atoms with van der Waals surface area (Å²) in [4.78, 5) is 26.7. The number of sulfonamides is 1. The van der Waals surface area contributed by atoms with Crippen LogP contribution in [0.2, 0.25) is 0 Å². The fraction of sp³-hybridized carbons (Fsp3) is 0.556. The van der Waals surface area contributed by atoms with Crippen LogP contribution in [0.25, 0.3) is 0 Å². The van der Waals surface area contributed by atoms with Gasteiger partial charge in [0.2, 0.25) is 15.9 Å². The Kier molecular flexibility index (Phi) is 6.41. The molecule has 1 saturated heterocycles. The lowest BCUT2D eigenvalue weighted by Crippen LogP contribution is -2.64. The van der Waals surface area contributed by atoms with Crippen molar-refractivity contribution in [1.82, 2.24) is 9.21 Å². The molecule has 2 rings (SSSR count). The molecule has 1 aliphatic rings. The molecule has 2 atom stereocenters. The minimum absolute atomic E-state index is 0.112. The van der Waals surface area contributed by atoms with Crippen molar-refractivity contribution >= 4 is 21.9 Å². The molecule has 1 aromatic rings. The van der Waals surface area contributed by atoms with Gasteiger partial charge in [0, 0.05) is 25.0 Å². The molecule has 0 saturated carbocycles. The van der Waals surface area contributed by atoms with Gasteiger partial charge in [-0.2, -0.15) is 4.31 Å². The quantitative estimate of drug-likeness (QED) is 0.721. The van der Waals surface area contributed by atoms with Crippen LogP contribution < -0.4 is 0 Å². The van der Waals surface area contributed by atoms with E-state index in [2.05, 4.69) is 0 Å². The van der Waals surface area contributed by atoms with E-state index in [9.17, 15) is 18.0 Å². The van der Waals surface area contributed by atoms with E-state index >= 15 is 0 Å². The highest BCUT2D eigenvalue weighted by Gasteiger charge is 2.45. The summed E-state index contributed by atoms with van der Waals surface area (Å²) in [7, 11) is -2.52. The van der Waals surface area contributed by atoms with Gasteiger partial charge in [-0.25, -0.2) is 13.2 Å². The maximum absolute atomic E-state index is 13.0. The molecule has 2 unspecified atom stereocenters. The summed E-state index contributed by atoms with van der Waals surface area (Å²) in [6.45, 7) is 5.43. The van der Waals surface area contributed by atoms with Gasteiger partial charge >= 0.3 is 5.97 Å². The van der Waals surface area contributed by atoms with E-state index in [0.29, 0.717) is 6.42 Å². The number of carbonyl (C=O) groups excluding carboxylic acids is 2. The number of amides is 1. The van der Waals surface area contributed by atoms with Crippen molar-refractivity contribution in [3.63, 3.8) is 0 Å². The molecular weight excluding hydrogens is 356 g/mol. The van der Waals surface area contributed by atoms with E-state index < -0.39 is 22.0 Å². The molecule has 26 heavy (non-hydrogen) atoms. The van der Waals surface area contributed by atoms with Crippen LogP contribution in [0.5, 0.6) is 0 Å². The van der Waals surface area contributed by atoms with Crippen LogP contribution in [0, 0.1) is 5.92 Å². The molecule has 0 aromatic heterocycles. The zero-order chi connectivity index (χ0) is 19.5. The van der Waals surface area contributed by atoms with Gasteiger partial charge < -0.3 is 9.64 Å². The summed E-state index contributed by atoms with van der Waals surface area (Å²) in [5, 5.41) is 0. The molecule has 0 radical (unpaired) electrons. The number of carbonyl (C=O) groups is 2. The fourth-order valence-electron chi connectivity index (χ4n) is 3.15. The van der Waals surface area contributed by atoms with Gasteiger partial charge in [0.05, 0.1) is 12.0 Å². The Bertz CT molecular complexity index is 748. The number of hydrogen-bond acceptors (Lipinski definition) is 5. The Morgan fingerprint density at radius 2 is 1.81 bits per heavy atom. The Morgan fingerprint density at radius 3 is 2.31 bits per heavy atom. The lowest BCUT2D eigenvalue weighted by molar-refractivity contribution is -0.159. The third kappa shape index (κ3) is 3.91. The summed E-state index contributed by atoms with van der Waals surface area (Å²) < 4.78 is 32.1. The van der Waals surface area contributed by atoms with Crippen molar-refractivity contribution < 1.29 is 22.7 Å². The molecule has 1 amide bonds. The third-order valence-electron chi connectivity index (χ3n) is 4.59. The molecule has 0 spiro atoms. The van der Waals surface area contributed by atoms with E-state index in [1.165, 1.54) is 28.4 Å². The predicted octanol–water partition coefficient (Wildman–Crippen LogP) is 1.50. The van der Waals surface area contributed by atoms with Crippen LogP contribution >= 0.6 is 0 Å². The van der Waals surface area contributed by atoms with Crippen molar-refractivity contribution in [1.29, 1.82) is 0 Å². The highest BCUT2D eigenvalue weighted by molar-refractivity contribution is 7.89. The predicted molar refractivity (Wildman–Crippen MR) is 96.8 cm³/mol. The number of ether oxygens (including phenoxy) is 1. The van der Waals surface area contributed by atoms with Gasteiger partial charge in [-0.3, -0.25) is 4.79 Å². The molecule has 1 fully saturated rings. The van der Waals surface area contributed by atoms with Gasteiger partial charge in [-0.1, -0.05) is 39.0 Å². The molecule has 1 aromatic carbocycles. The number of methoxy groups -OCH3 is 1. The lowest BCUT2D eigenvalue weighted by atomic mass is 10.0. The molecular formula is C18H26N2O5S. The van der Waals surface area contributed by atoms with E-state index in [1.54, 1.807) is 32.0 Å². The van der Waals surface area contributed by atoms with Crippen LogP contribution in [0.4, 0.5) is 0 Å². The Labute approximate surface area is 155 Å². The Hall–Kier alpha value is -1.93. The summed E-state index contributed by atoms with van der Waals surface area (Å²) in [5.41, 5.74) is 0. The first-order valence-electron chi connectivity index (χ1n) is 8.69. The molecule has 8 heteroatoms. The lowest BCUT2D eigenvalue weighted by Gasteiger charge is -2.45. The van der Waals surface area contributed by atoms with Gasteiger partial charge in [-0.05, 0) is 18.6 Å². The second kappa shape index (κ2) is 8.18. The number of esters is 1. The third-order valence-corrected chi connectivity index (χ3v) is 6.44. The maximum atomic E-state index is 13.0. The molecule has 0 N–H and O–H groups in total. The highest BCUT2D eigenvalue weighted by atomic mass is 32.2. The molecule has 144 valence electrons. The smallest absolute Gasteiger partial charge is 0.329 e. The number of rotatable bonds is 5. The Morgan fingerprint density at radius 1 is 1.19 bits per heavy atom. The van der Waals surface area contributed by atoms with Crippen molar-refractivity contribution in [2.75, 3.05) is 20.2 Å². The summed E-state index contributed by atoms with van der Waals surface area (Å²) >= 11 is 0. The highest BCUT2D eigenvalue weighted by Crippen LogP contribution is 2.26. The first-order valence-corrected chi connectivity index (χ1v) is 10.1. The first-order chi connectivity index (χ1) is 12.2. The summed E-state index contributed by atoms with van der Waals surface area (Å²) in [6, 6.07) is 6.75. The van der Waals surface area contributed by atoms with Gasteiger partial charge in [-0.15, -0.1) is 0 Å². The average Bonchev–Trinajstić information content (AvgIpc) is 2.66. The summed E-state index contributed by atoms with van der Waals surface area (Å²) in [6.07, 6.45) is 0.534. The van der Waals surface area contributed by atoms with Gasteiger partial charge in [0.1, 0.15) is 6.04 Å². The monoisotopic (exact) mass is 382 g/mol. The molecule has 1 heterocycles. The summed E-state index contributed by atoms with van der Waals surface area (Å²) in [5.74, 6) is -1.08. The normalized spacial score (nSPS) is 21.7. The van der Waals surface area contributed by atoms with E-state index in [4.69, 9.17) is 4.74 Å². The van der Waals surface area contributed by atoms with Crippen LogP contribution in [-0.4, -0.2) is 61.8 Å². The van der Waals surface area contributed by atoms with Crippen molar-refractivity contribution in [3.05, 3.63) is 30.3 Å². The SMILES string of the molecule is CCC1CN(S(=O)(=O)c2ccccc2)CC(C(=O)OC)N1C(=O)C(C)C. The number of hydrogen-bond donors (Lipinski definition) is 0. The van der Waals surface area contributed by atoms with Crippen molar-refractivity contribution in [3.8, 4) is 0 Å². The number of piperazine rings is 1. The van der Waals surface area contributed by atoms with Crippen LogP contribution in [-0.2, 0) is 24.3 Å². The van der Waals surface area contributed by atoms with E-state index in [1.807, 2.05) is 6.92 Å². The second-order valence-electron chi connectivity index (χ2n) is 6.64. The molecule has 0 bridgehead atoms. The topological polar surface area (TPSA) is 84.0 Å². The zero-order valence-electron chi connectivity index (χ0n) is 15.6. The van der Waals surface area contributed by atoms with Crippen molar-refractivity contribution in [2.24, 2.45) is 5.92 Å². The standard InChI is InChI=1S/C18H26N2O5S/c1-5-14-11-19(26(23,24)15-9-7-6-8-10-15)12-16(18(22)25-4)20(14)17(21)13(2)3/h6-10,13-14,16H,5,11-12H2,1-4H3. The zero-order valence-corrected chi connectivity index (χ0v) is 16.4. The first kappa shape index (κ1) is 20.4. The van der Waals surface area contributed by atoms with E-state index in [0.717, 1.165) is 0 Å². The van der Waals surface area contributed by atoms with Crippen LogP contribution in [0.1, 0.15) is 27.2 Å². The molecule has 0 aliphatic carbocycles. The largest absolute Gasteiger partial charge is 0.467 e. The average molecular weight is 382 g/mol. The molecule has 7 nitrogen and oxygen atoms in total. The fourth-order valence-corrected chi connectivity index (χ4v) is 4.66. The van der Waals surface area contributed by atoms with Gasteiger partial charge in [0.15, 0.2) is 0 Å². The minimum atomic E-state index is -3.76. The van der Waals surface area contributed by atoms with Crippen molar-refractivity contribution in [2.45, 2.75) is 44.2 Å².